The Kier molecular flexibility index (Phi) is 5.01. The Bertz CT molecular complexity index is 203. The van der Waals surface area contributed by atoms with Gasteiger partial charge in [-0.2, -0.15) is 0 Å². The maximum Gasteiger partial charge on any atom is 0.250 e. The Morgan fingerprint density at radius 2 is 2.20 bits per heavy atom. The van der Waals surface area contributed by atoms with Crippen LogP contribution in [0.1, 0.15) is 26.7 Å². The van der Waals surface area contributed by atoms with Gasteiger partial charge >= 0.3 is 0 Å². The number of nitrogens with one attached hydrogen (secondary N) is 1. The minimum absolute atomic E-state index is 0.121. The first kappa shape index (κ1) is 12.4. The van der Waals surface area contributed by atoms with Crippen LogP contribution in [0.15, 0.2) is 0 Å². The van der Waals surface area contributed by atoms with Gasteiger partial charge in [0.05, 0.1) is 12.1 Å². The number of nitrogens with zero attached hydrogens (tertiary/aromatic N) is 1. The van der Waals surface area contributed by atoms with E-state index in [0.29, 0.717) is 6.10 Å². The lowest BCUT2D eigenvalue weighted by Gasteiger charge is -2.34. The van der Waals surface area contributed by atoms with Crippen LogP contribution in [0.5, 0.6) is 0 Å². The van der Waals surface area contributed by atoms with E-state index < -0.39 is 0 Å². The Morgan fingerprint density at radius 1 is 1.60 bits per heavy atom. The zero-order valence-electron chi connectivity index (χ0n) is 9.53. The van der Waals surface area contributed by atoms with Crippen LogP contribution in [0.3, 0.4) is 0 Å². The third kappa shape index (κ3) is 3.44. The highest BCUT2D eigenvalue weighted by Crippen LogP contribution is 2.15. The quantitative estimate of drug-likeness (QED) is 0.389. The Morgan fingerprint density at radius 3 is 2.67 bits per heavy atom. The molecule has 0 bridgehead atoms. The average Bonchev–Trinajstić information content (AvgIpc) is 2.28. The summed E-state index contributed by atoms with van der Waals surface area (Å²) in [5.41, 5.74) is 2.19. The average molecular weight is 215 g/mol. The van der Waals surface area contributed by atoms with Crippen molar-refractivity contribution >= 4 is 5.91 Å². The monoisotopic (exact) mass is 215 g/mol. The van der Waals surface area contributed by atoms with Crippen LogP contribution >= 0.6 is 0 Å². The SMILES string of the molecule is CCOC1CCN(C(C)C(=O)NN)CC1. The van der Waals surface area contributed by atoms with E-state index in [0.717, 1.165) is 32.5 Å². The zero-order chi connectivity index (χ0) is 11.3. The van der Waals surface area contributed by atoms with Crippen molar-refractivity contribution < 1.29 is 9.53 Å². The molecule has 1 unspecified atom stereocenters. The minimum Gasteiger partial charge on any atom is -0.378 e. The molecule has 1 amide bonds. The fourth-order valence-corrected chi connectivity index (χ4v) is 1.95. The molecule has 3 N–H and O–H groups in total. The third-order valence-electron chi connectivity index (χ3n) is 2.95. The van der Waals surface area contributed by atoms with Crippen LogP contribution in [-0.4, -0.2) is 42.6 Å². The van der Waals surface area contributed by atoms with Gasteiger partial charge in [-0.3, -0.25) is 15.1 Å². The summed E-state index contributed by atoms with van der Waals surface area (Å²) >= 11 is 0. The molecule has 0 radical (unpaired) electrons. The van der Waals surface area contributed by atoms with Crippen molar-refractivity contribution in [1.82, 2.24) is 10.3 Å². The van der Waals surface area contributed by atoms with Crippen LogP contribution in [0.25, 0.3) is 0 Å². The maximum absolute atomic E-state index is 11.3. The van der Waals surface area contributed by atoms with E-state index >= 15 is 0 Å². The van der Waals surface area contributed by atoms with Gasteiger partial charge in [-0.15, -0.1) is 0 Å². The van der Waals surface area contributed by atoms with E-state index in [1.807, 2.05) is 13.8 Å². The predicted octanol–water partition coefficient (Wildman–Crippen LogP) is -0.134. The van der Waals surface area contributed by atoms with Gasteiger partial charge in [0.15, 0.2) is 0 Å². The first-order valence-corrected chi connectivity index (χ1v) is 5.55. The lowest BCUT2D eigenvalue weighted by atomic mass is 10.1. The molecule has 15 heavy (non-hydrogen) atoms. The van der Waals surface area contributed by atoms with E-state index in [2.05, 4.69) is 10.3 Å². The second kappa shape index (κ2) is 6.05. The molecule has 1 fully saturated rings. The molecule has 1 aliphatic heterocycles. The van der Waals surface area contributed by atoms with Gasteiger partial charge in [0.25, 0.3) is 5.91 Å². The fraction of sp³-hybridized carbons (Fsp3) is 0.900. The van der Waals surface area contributed by atoms with Crippen LogP contribution in [-0.2, 0) is 9.53 Å². The van der Waals surface area contributed by atoms with Crippen molar-refractivity contribution in [1.29, 1.82) is 0 Å². The lowest BCUT2D eigenvalue weighted by Crippen LogP contribution is -2.50. The van der Waals surface area contributed by atoms with E-state index in [-0.39, 0.29) is 11.9 Å². The Balaban J connectivity index is 2.33. The zero-order valence-corrected chi connectivity index (χ0v) is 9.53. The summed E-state index contributed by atoms with van der Waals surface area (Å²) < 4.78 is 5.55. The number of carbonyl (C=O) groups excluding carboxylic acids is 1. The van der Waals surface area contributed by atoms with Crippen molar-refractivity contribution in [3.05, 3.63) is 0 Å². The molecule has 1 heterocycles. The number of carbonyl (C=O) groups is 1. The molecule has 0 aromatic heterocycles. The molecular weight excluding hydrogens is 194 g/mol. The second-order valence-corrected chi connectivity index (χ2v) is 3.88. The Hall–Kier alpha value is -0.650. The fourth-order valence-electron chi connectivity index (χ4n) is 1.95. The van der Waals surface area contributed by atoms with Crippen molar-refractivity contribution in [3.8, 4) is 0 Å². The number of rotatable bonds is 4. The predicted molar refractivity (Wildman–Crippen MR) is 58.0 cm³/mol. The number of ether oxygens (including phenoxy) is 1. The molecule has 1 saturated heterocycles. The van der Waals surface area contributed by atoms with Gasteiger partial charge in [-0.05, 0) is 26.7 Å². The highest BCUT2D eigenvalue weighted by Gasteiger charge is 2.26. The van der Waals surface area contributed by atoms with Gasteiger partial charge in [0.1, 0.15) is 0 Å². The standard InChI is InChI=1S/C10H21N3O2/c1-3-15-9-4-6-13(7-5-9)8(2)10(14)12-11/h8-9H,3-7,11H2,1-2H3,(H,12,14). The van der Waals surface area contributed by atoms with Crippen molar-refractivity contribution in [2.45, 2.75) is 38.8 Å². The Labute approximate surface area is 90.9 Å². The maximum atomic E-state index is 11.3. The molecule has 1 rings (SSSR count). The molecule has 5 nitrogen and oxygen atoms in total. The van der Waals surface area contributed by atoms with Crippen LogP contribution < -0.4 is 11.3 Å². The van der Waals surface area contributed by atoms with Crippen molar-refractivity contribution in [3.63, 3.8) is 0 Å². The minimum atomic E-state index is -0.141. The summed E-state index contributed by atoms with van der Waals surface area (Å²) in [7, 11) is 0. The van der Waals surface area contributed by atoms with E-state index in [9.17, 15) is 4.79 Å². The first-order valence-electron chi connectivity index (χ1n) is 5.55. The summed E-state index contributed by atoms with van der Waals surface area (Å²) in [6.07, 6.45) is 2.35. The summed E-state index contributed by atoms with van der Waals surface area (Å²) in [4.78, 5) is 13.4. The molecular formula is C10H21N3O2. The molecule has 0 aromatic carbocycles. The number of hydrogen-bond acceptors (Lipinski definition) is 4. The third-order valence-corrected chi connectivity index (χ3v) is 2.95. The molecule has 88 valence electrons. The van der Waals surface area contributed by atoms with Crippen molar-refractivity contribution in [2.24, 2.45) is 5.84 Å². The van der Waals surface area contributed by atoms with Gasteiger partial charge < -0.3 is 4.74 Å². The molecule has 1 atom stereocenters. The van der Waals surface area contributed by atoms with Crippen LogP contribution in [0.4, 0.5) is 0 Å². The molecule has 1 aliphatic rings. The highest BCUT2D eigenvalue weighted by molar-refractivity contribution is 5.80. The molecule has 0 aromatic rings. The summed E-state index contributed by atoms with van der Waals surface area (Å²) in [6.45, 7) is 6.46. The number of likely N-dealkylation sites (tertiary alicyclic amines) is 1. The first-order chi connectivity index (χ1) is 7.19. The molecule has 5 heteroatoms. The normalized spacial score (nSPS) is 21.3. The number of piperidine rings is 1. The smallest absolute Gasteiger partial charge is 0.250 e. The highest BCUT2D eigenvalue weighted by atomic mass is 16.5. The van der Waals surface area contributed by atoms with Crippen molar-refractivity contribution in [2.75, 3.05) is 19.7 Å². The van der Waals surface area contributed by atoms with E-state index in [1.54, 1.807) is 0 Å². The number of hydrogen-bond donors (Lipinski definition) is 2. The largest absolute Gasteiger partial charge is 0.378 e. The van der Waals surface area contributed by atoms with E-state index in [4.69, 9.17) is 10.6 Å². The number of amides is 1. The van der Waals surface area contributed by atoms with Gasteiger partial charge in [0.2, 0.25) is 0 Å². The summed E-state index contributed by atoms with van der Waals surface area (Å²) in [5, 5.41) is 0. The van der Waals surface area contributed by atoms with Crippen LogP contribution in [0, 0.1) is 0 Å². The van der Waals surface area contributed by atoms with Crippen LogP contribution in [0.2, 0.25) is 0 Å². The summed E-state index contributed by atoms with van der Waals surface area (Å²) in [6, 6.07) is -0.141. The van der Waals surface area contributed by atoms with Gasteiger partial charge in [-0.25, -0.2) is 5.84 Å². The number of nitrogens with two attached hydrogens (primary N) is 1. The topological polar surface area (TPSA) is 67.6 Å². The van der Waals surface area contributed by atoms with Gasteiger partial charge in [-0.1, -0.05) is 0 Å². The molecule has 0 aliphatic carbocycles. The lowest BCUT2D eigenvalue weighted by molar-refractivity contribution is -0.127. The second-order valence-electron chi connectivity index (χ2n) is 3.88. The summed E-state index contributed by atoms with van der Waals surface area (Å²) in [5.74, 6) is 4.98. The van der Waals surface area contributed by atoms with E-state index in [1.165, 1.54) is 0 Å². The molecule has 0 saturated carbocycles. The molecule has 0 spiro atoms. The number of hydrazine groups is 1. The van der Waals surface area contributed by atoms with Gasteiger partial charge in [0, 0.05) is 19.7 Å².